The number of aromatic amines is 2. The third-order valence-electron chi connectivity index (χ3n) is 6.47. The SMILES string of the molecule is CC(C)(C)C(O)Nc1cncc(-c2ccc3[nH]nc(-c4cc5c(-c6cccc(F)c6)nccc5[nH]4)c3n2)c1. The Bertz CT molecular complexity index is 1780. The Morgan fingerprint density at radius 2 is 1.82 bits per heavy atom. The molecule has 0 fully saturated rings. The number of hydrogen-bond acceptors (Lipinski definition) is 6. The number of benzene rings is 1. The number of aromatic nitrogens is 6. The van der Waals surface area contributed by atoms with Crippen molar-refractivity contribution >= 4 is 27.6 Å². The molecule has 0 aliphatic carbocycles. The van der Waals surface area contributed by atoms with Gasteiger partial charge in [0, 0.05) is 39.8 Å². The number of nitrogens with zero attached hydrogens (tertiary/aromatic N) is 4. The zero-order valence-electron chi connectivity index (χ0n) is 21.1. The summed E-state index contributed by atoms with van der Waals surface area (Å²) in [6.07, 6.45) is 4.38. The number of anilines is 1. The van der Waals surface area contributed by atoms with Gasteiger partial charge in [0.15, 0.2) is 0 Å². The van der Waals surface area contributed by atoms with Gasteiger partial charge in [-0.25, -0.2) is 9.37 Å². The Morgan fingerprint density at radius 1 is 0.947 bits per heavy atom. The minimum atomic E-state index is -0.732. The lowest BCUT2D eigenvalue weighted by atomic mass is 9.94. The lowest BCUT2D eigenvalue weighted by Crippen LogP contribution is -2.33. The number of fused-ring (bicyclic) bond motifs is 2. The molecule has 8 nitrogen and oxygen atoms in total. The van der Waals surface area contributed by atoms with Crippen LogP contribution in [0.4, 0.5) is 10.1 Å². The van der Waals surface area contributed by atoms with Crippen molar-refractivity contribution in [3.05, 3.63) is 79.0 Å². The van der Waals surface area contributed by atoms with E-state index in [0.717, 1.165) is 33.4 Å². The second kappa shape index (κ2) is 9.04. The minimum absolute atomic E-state index is 0.311. The fourth-order valence-electron chi connectivity index (χ4n) is 4.33. The molecule has 9 heteroatoms. The molecule has 0 saturated heterocycles. The quantitative estimate of drug-likeness (QED) is 0.208. The Hall–Kier alpha value is -4.63. The predicted molar refractivity (Wildman–Crippen MR) is 147 cm³/mol. The molecule has 5 heterocycles. The number of H-pyrrole nitrogens is 2. The van der Waals surface area contributed by atoms with E-state index in [1.54, 1.807) is 24.7 Å². The van der Waals surface area contributed by atoms with Gasteiger partial charge in [-0.15, -0.1) is 0 Å². The molecule has 0 bridgehead atoms. The molecule has 1 atom stereocenters. The van der Waals surface area contributed by atoms with Crippen LogP contribution in [0.5, 0.6) is 0 Å². The van der Waals surface area contributed by atoms with Crippen molar-refractivity contribution in [2.45, 2.75) is 27.0 Å². The van der Waals surface area contributed by atoms with Gasteiger partial charge in [0.1, 0.15) is 23.3 Å². The Labute approximate surface area is 218 Å². The van der Waals surface area contributed by atoms with Crippen molar-refractivity contribution in [2.75, 3.05) is 5.32 Å². The highest BCUT2D eigenvalue weighted by molar-refractivity contribution is 5.99. The van der Waals surface area contributed by atoms with E-state index < -0.39 is 6.23 Å². The van der Waals surface area contributed by atoms with Gasteiger partial charge in [0.2, 0.25) is 0 Å². The van der Waals surface area contributed by atoms with Gasteiger partial charge in [-0.05, 0) is 42.5 Å². The van der Waals surface area contributed by atoms with Crippen molar-refractivity contribution in [1.29, 1.82) is 0 Å². The standard InChI is InChI=1S/C29H26FN7O/c1-29(2,3)28(38)33-19-12-17(14-31-15-19)21-7-8-23-26(35-21)27(37-36-23)24-13-20-22(34-24)9-10-32-25(20)16-5-4-6-18(30)11-16/h4-15,28,33-34,38H,1-3H3,(H,36,37). The molecule has 6 aromatic rings. The minimum Gasteiger partial charge on any atom is -0.373 e. The van der Waals surface area contributed by atoms with Crippen LogP contribution in [0.3, 0.4) is 0 Å². The second-order valence-electron chi connectivity index (χ2n) is 10.4. The van der Waals surface area contributed by atoms with Crippen LogP contribution in [0.15, 0.2) is 73.2 Å². The van der Waals surface area contributed by atoms with E-state index in [-0.39, 0.29) is 11.2 Å². The van der Waals surface area contributed by atoms with Crippen LogP contribution < -0.4 is 5.32 Å². The van der Waals surface area contributed by atoms with Gasteiger partial charge in [-0.2, -0.15) is 5.10 Å². The van der Waals surface area contributed by atoms with Crippen molar-refractivity contribution in [3.63, 3.8) is 0 Å². The first-order valence-electron chi connectivity index (χ1n) is 12.3. The zero-order valence-corrected chi connectivity index (χ0v) is 21.1. The molecule has 5 aromatic heterocycles. The number of rotatable bonds is 5. The maximum Gasteiger partial charge on any atom is 0.135 e. The van der Waals surface area contributed by atoms with Crippen molar-refractivity contribution < 1.29 is 9.50 Å². The highest BCUT2D eigenvalue weighted by Crippen LogP contribution is 2.33. The smallest absolute Gasteiger partial charge is 0.135 e. The van der Waals surface area contributed by atoms with Crippen LogP contribution in [-0.4, -0.2) is 41.5 Å². The summed E-state index contributed by atoms with van der Waals surface area (Å²) in [7, 11) is 0. The number of aliphatic hydroxyl groups excluding tert-OH is 1. The van der Waals surface area contributed by atoms with Crippen LogP contribution in [0.2, 0.25) is 0 Å². The summed E-state index contributed by atoms with van der Waals surface area (Å²) in [5, 5.41) is 22.0. The molecule has 38 heavy (non-hydrogen) atoms. The maximum absolute atomic E-state index is 13.9. The third kappa shape index (κ3) is 4.37. The van der Waals surface area contributed by atoms with Crippen LogP contribution in [-0.2, 0) is 0 Å². The van der Waals surface area contributed by atoms with E-state index >= 15 is 0 Å². The highest BCUT2D eigenvalue weighted by atomic mass is 19.1. The zero-order chi connectivity index (χ0) is 26.4. The van der Waals surface area contributed by atoms with Gasteiger partial charge >= 0.3 is 0 Å². The van der Waals surface area contributed by atoms with Crippen molar-refractivity contribution in [3.8, 4) is 33.9 Å². The highest BCUT2D eigenvalue weighted by Gasteiger charge is 2.22. The average Bonchev–Trinajstić information content (AvgIpc) is 3.52. The molecule has 0 aliphatic rings. The Balaban J connectivity index is 1.40. The first kappa shape index (κ1) is 23.7. The van der Waals surface area contributed by atoms with E-state index in [0.29, 0.717) is 28.2 Å². The molecule has 0 aliphatic heterocycles. The molecule has 0 spiro atoms. The van der Waals surface area contributed by atoms with Gasteiger partial charge in [0.05, 0.1) is 34.5 Å². The van der Waals surface area contributed by atoms with Gasteiger partial charge in [0.25, 0.3) is 0 Å². The van der Waals surface area contributed by atoms with Crippen LogP contribution in [0, 0.1) is 11.2 Å². The fourth-order valence-corrected chi connectivity index (χ4v) is 4.33. The first-order chi connectivity index (χ1) is 18.3. The summed E-state index contributed by atoms with van der Waals surface area (Å²) in [5.41, 5.74) is 7.06. The van der Waals surface area contributed by atoms with Gasteiger partial charge in [-0.3, -0.25) is 15.1 Å². The van der Waals surface area contributed by atoms with Gasteiger partial charge < -0.3 is 15.4 Å². The van der Waals surface area contributed by atoms with Crippen LogP contribution in [0.25, 0.3) is 55.8 Å². The lowest BCUT2D eigenvalue weighted by Gasteiger charge is -2.27. The average molecular weight is 508 g/mol. The molecule has 4 N–H and O–H groups in total. The number of aliphatic hydroxyl groups is 1. The molecule has 190 valence electrons. The summed E-state index contributed by atoms with van der Waals surface area (Å²) in [4.78, 5) is 17.2. The van der Waals surface area contributed by atoms with Crippen molar-refractivity contribution in [2.24, 2.45) is 5.41 Å². The molecule has 1 unspecified atom stereocenters. The maximum atomic E-state index is 13.9. The van der Waals surface area contributed by atoms with E-state index in [2.05, 4.69) is 30.5 Å². The van der Waals surface area contributed by atoms with E-state index in [1.165, 1.54) is 12.1 Å². The number of hydrogen-bond donors (Lipinski definition) is 4. The molecular formula is C29H26FN7O. The molecule has 0 saturated carbocycles. The van der Waals surface area contributed by atoms with E-state index in [9.17, 15) is 9.50 Å². The summed E-state index contributed by atoms with van der Waals surface area (Å²) < 4.78 is 13.9. The molecule has 6 rings (SSSR count). The number of nitrogens with one attached hydrogen (secondary N) is 3. The van der Waals surface area contributed by atoms with Crippen molar-refractivity contribution in [1.82, 2.24) is 30.1 Å². The molecule has 0 amide bonds. The van der Waals surface area contributed by atoms with E-state index in [1.807, 2.05) is 57.2 Å². The number of halogens is 1. The normalized spacial score (nSPS) is 12.8. The second-order valence-corrected chi connectivity index (χ2v) is 10.4. The topological polar surface area (TPSA) is 115 Å². The molecule has 0 radical (unpaired) electrons. The summed E-state index contributed by atoms with van der Waals surface area (Å²) in [5.74, 6) is -0.311. The first-order valence-corrected chi connectivity index (χ1v) is 12.3. The summed E-state index contributed by atoms with van der Waals surface area (Å²) in [6.45, 7) is 5.87. The summed E-state index contributed by atoms with van der Waals surface area (Å²) >= 11 is 0. The Morgan fingerprint density at radius 3 is 2.63 bits per heavy atom. The molecular weight excluding hydrogens is 481 g/mol. The Kier molecular flexibility index (Phi) is 5.65. The number of pyridine rings is 3. The van der Waals surface area contributed by atoms with Gasteiger partial charge in [-0.1, -0.05) is 32.9 Å². The van der Waals surface area contributed by atoms with E-state index in [4.69, 9.17) is 4.98 Å². The summed E-state index contributed by atoms with van der Waals surface area (Å²) in [6, 6.07) is 16.0. The third-order valence-corrected chi connectivity index (χ3v) is 6.47. The van der Waals surface area contributed by atoms with Crippen LogP contribution >= 0.6 is 0 Å². The van der Waals surface area contributed by atoms with Crippen LogP contribution in [0.1, 0.15) is 20.8 Å². The largest absolute Gasteiger partial charge is 0.373 e. The fraction of sp³-hybridized carbons (Fsp3) is 0.172. The lowest BCUT2D eigenvalue weighted by molar-refractivity contribution is 0.0880. The predicted octanol–water partition coefficient (Wildman–Crippen LogP) is 6.15. The monoisotopic (exact) mass is 507 g/mol. The molecule has 1 aromatic carbocycles.